The van der Waals surface area contributed by atoms with Crippen molar-refractivity contribution < 1.29 is 14.0 Å². The number of carbonyl (C=O) groups excluding carboxylic acids is 2. The fourth-order valence-corrected chi connectivity index (χ4v) is 4.32. The van der Waals surface area contributed by atoms with E-state index in [1.807, 2.05) is 35.2 Å². The van der Waals surface area contributed by atoms with Crippen LogP contribution in [0.5, 0.6) is 0 Å². The molecule has 1 aliphatic heterocycles. The Morgan fingerprint density at radius 1 is 1.13 bits per heavy atom. The number of nitrogens with zero attached hydrogens (tertiary/aromatic N) is 1. The van der Waals surface area contributed by atoms with Crippen molar-refractivity contribution in [1.82, 2.24) is 15.2 Å². The van der Waals surface area contributed by atoms with E-state index in [-0.39, 0.29) is 30.2 Å². The Balaban J connectivity index is 1.43. The second-order valence-corrected chi connectivity index (χ2v) is 8.12. The molecule has 2 heterocycles. The number of aromatic nitrogens is 1. The summed E-state index contributed by atoms with van der Waals surface area (Å²) in [6.07, 6.45) is 2.43. The summed E-state index contributed by atoms with van der Waals surface area (Å²) < 4.78 is 13.9. The van der Waals surface area contributed by atoms with Gasteiger partial charge in [0.2, 0.25) is 11.8 Å². The molecule has 4 rings (SSSR count). The summed E-state index contributed by atoms with van der Waals surface area (Å²) in [4.78, 5) is 29.1. The van der Waals surface area contributed by atoms with Crippen LogP contribution in [0.3, 0.4) is 0 Å². The molecule has 1 aliphatic rings. The molecule has 0 spiro atoms. The van der Waals surface area contributed by atoms with Gasteiger partial charge in [-0.1, -0.05) is 30.3 Å². The lowest BCUT2D eigenvalue weighted by Gasteiger charge is -2.31. The van der Waals surface area contributed by atoms with E-state index in [1.165, 1.54) is 12.1 Å². The minimum atomic E-state index is -0.327. The molecule has 4 N–H and O–H groups in total. The molecule has 0 saturated carbocycles. The van der Waals surface area contributed by atoms with Gasteiger partial charge in [-0.2, -0.15) is 0 Å². The first-order chi connectivity index (χ1) is 15.0. The third kappa shape index (κ3) is 5.11. The summed E-state index contributed by atoms with van der Waals surface area (Å²) in [5, 5.41) is 3.92. The van der Waals surface area contributed by atoms with Crippen LogP contribution < -0.4 is 11.1 Å². The number of likely N-dealkylation sites (tertiary alicyclic amines) is 1. The highest BCUT2D eigenvalue weighted by atomic mass is 19.1. The molecule has 162 valence electrons. The van der Waals surface area contributed by atoms with Crippen LogP contribution in [0.1, 0.15) is 24.8 Å². The van der Waals surface area contributed by atoms with E-state index in [0.717, 1.165) is 53.7 Å². The van der Waals surface area contributed by atoms with Gasteiger partial charge in [0.25, 0.3) is 0 Å². The molecular formula is C24H27FN4O2. The highest BCUT2D eigenvalue weighted by molar-refractivity contribution is 5.91. The fourth-order valence-electron chi connectivity index (χ4n) is 4.32. The van der Waals surface area contributed by atoms with E-state index in [1.54, 1.807) is 6.07 Å². The van der Waals surface area contributed by atoms with Gasteiger partial charge in [0.1, 0.15) is 5.82 Å². The molecule has 1 fully saturated rings. The average Bonchev–Trinajstić information content (AvgIpc) is 3.11. The summed E-state index contributed by atoms with van der Waals surface area (Å²) in [6, 6.07) is 14.7. The maximum Gasteiger partial charge on any atom is 0.231 e. The molecule has 7 heteroatoms. The average molecular weight is 423 g/mol. The summed E-state index contributed by atoms with van der Waals surface area (Å²) >= 11 is 0. The molecule has 0 radical (unpaired) electrons. The number of hydrogen-bond acceptors (Lipinski definition) is 3. The number of H-pyrrole nitrogens is 1. The smallest absolute Gasteiger partial charge is 0.231 e. The molecule has 0 unspecified atom stereocenters. The first-order valence-corrected chi connectivity index (χ1v) is 10.6. The Morgan fingerprint density at radius 2 is 1.87 bits per heavy atom. The van der Waals surface area contributed by atoms with Crippen molar-refractivity contribution in [3.8, 4) is 11.3 Å². The lowest BCUT2D eigenvalue weighted by atomic mass is 10.00. The van der Waals surface area contributed by atoms with E-state index in [4.69, 9.17) is 5.73 Å². The zero-order valence-corrected chi connectivity index (χ0v) is 17.4. The first kappa shape index (κ1) is 21.1. The number of aromatic amines is 1. The van der Waals surface area contributed by atoms with Gasteiger partial charge >= 0.3 is 0 Å². The van der Waals surface area contributed by atoms with Gasteiger partial charge in [0, 0.05) is 42.1 Å². The van der Waals surface area contributed by atoms with Crippen LogP contribution in [0, 0.1) is 5.82 Å². The number of nitrogens with two attached hydrogens (primary N) is 1. The number of benzene rings is 2. The lowest BCUT2D eigenvalue weighted by Crippen LogP contribution is -2.46. The number of rotatable bonds is 7. The highest BCUT2D eigenvalue weighted by Gasteiger charge is 2.22. The standard InChI is InChI=1S/C24H27FN4O2/c25-17-6-8-21-20(14-17)19(24(28-21)16-4-2-1-3-5-16)7-9-23(31)27-18-10-12-29(13-11-18)15-22(26)30/h1-6,8,14,18,28H,7,9-13,15H2,(H2,26,30)(H,27,31). The van der Waals surface area contributed by atoms with Crippen molar-refractivity contribution in [1.29, 1.82) is 0 Å². The number of primary amides is 1. The number of hydrogen-bond donors (Lipinski definition) is 3. The highest BCUT2D eigenvalue weighted by Crippen LogP contribution is 2.31. The van der Waals surface area contributed by atoms with Crippen molar-refractivity contribution in [2.45, 2.75) is 31.7 Å². The maximum absolute atomic E-state index is 13.9. The van der Waals surface area contributed by atoms with E-state index in [2.05, 4.69) is 10.3 Å². The van der Waals surface area contributed by atoms with Gasteiger partial charge < -0.3 is 16.0 Å². The fraction of sp³-hybridized carbons (Fsp3) is 0.333. The van der Waals surface area contributed by atoms with Crippen LogP contribution in [0.2, 0.25) is 0 Å². The number of amides is 2. The van der Waals surface area contributed by atoms with Gasteiger partial charge in [0.05, 0.1) is 6.54 Å². The number of carbonyl (C=O) groups is 2. The van der Waals surface area contributed by atoms with Gasteiger partial charge in [-0.05, 0) is 48.6 Å². The minimum Gasteiger partial charge on any atom is -0.369 e. The topological polar surface area (TPSA) is 91.2 Å². The van der Waals surface area contributed by atoms with Gasteiger partial charge in [-0.25, -0.2) is 4.39 Å². The zero-order chi connectivity index (χ0) is 21.8. The molecule has 0 aliphatic carbocycles. The van der Waals surface area contributed by atoms with Crippen LogP contribution in [-0.4, -0.2) is 47.4 Å². The van der Waals surface area contributed by atoms with Crippen molar-refractivity contribution >= 4 is 22.7 Å². The minimum absolute atomic E-state index is 0.0156. The Kier molecular flexibility index (Phi) is 6.32. The molecule has 0 atom stereocenters. The number of halogens is 1. The van der Waals surface area contributed by atoms with Crippen molar-refractivity contribution in [2.75, 3.05) is 19.6 Å². The zero-order valence-electron chi connectivity index (χ0n) is 17.4. The number of nitrogens with one attached hydrogen (secondary N) is 2. The summed E-state index contributed by atoms with van der Waals surface area (Å²) in [6.45, 7) is 1.75. The Morgan fingerprint density at radius 3 is 2.58 bits per heavy atom. The molecule has 1 aromatic heterocycles. The molecule has 31 heavy (non-hydrogen) atoms. The molecule has 3 aromatic rings. The normalized spacial score (nSPS) is 15.3. The maximum atomic E-state index is 13.9. The van der Waals surface area contributed by atoms with Crippen LogP contribution >= 0.6 is 0 Å². The molecule has 2 amide bonds. The second-order valence-electron chi connectivity index (χ2n) is 8.12. The number of fused-ring (bicyclic) bond motifs is 1. The van der Waals surface area contributed by atoms with E-state index < -0.39 is 0 Å². The monoisotopic (exact) mass is 422 g/mol. The van der Waals surface area contributed by atoms with Crippen LogP contribution in [0.15, 0.2) is 48.5 Å². The lowest BCUT2D eigenvalue weighted by molar-refractivity contribution is -0.123. The van der Waals surface area contributed by atoms with E-state index in [0.29, 0.717) is 12.8 Å². The molecular weight excluding hydrogens is 395 g/mol. The third-order valence-electron chi connectivity index (χ3n) is 5.86. The van der Waals surface area contributed by atoms with Crippen molar-refractivity contribution in [3.63, 3.8) is 0 Å². The number of aryl methyl sites for hydroxylation is 1. The van der Waals surface area contributed by atoms with Crippen LogP contribution in [0.4, 0.5) is 4.39 Å². The molecule has 1 saturated heterocycles. The largest absolute Gasteiger partial charge is 0.369 e. The predicted octanol–water partition coefficient (Wildman–Crippen LogP) is 2.97. The molecule has 0 bridgehead atoms. The SMILES string of the molecule is NC(=O)CN1CCC(NC(=O)CCc2c(-c3ccccc3)[nH]c3ccc(F)cc23)CC1. The Hall–Kier alpha value is -3.19. The quantitative estimate of drug-likeness (QED) is 0.547. The summed E-state index contributed by atoms with van der Waals surface area (Å²) in [7, 11) is 0. The molecule has 6 nitrogen and oxygen atoms in total. The van der Waals surface area contributed by atoms with E-state index in [9.17, 15) is 14.0 Å². The van der Waals surface area contributed by atoms with Gasteiger partial charge in [-0.3, -0.25) is 14.5 Å². The van der Waals surface area contributed by atoms with Gasteiger partial charge in [0.15, 0.2) is 0 Å². The van der Waals surface area contributed by atoms with E-state index >= 15 is 0 Å². The first-order valence-electron chi connectivity index (χ1n) is 10.6. The molecule has 2 aromatic carbocycles. The number of piperidine rings is 1. The Bertz CT molecular complexity index is 1070. The van der Waals surface area contributed by atoms with Gasteiger partial charge in [-0.15, -0.1) is 0 Å². The van der Waals surface area contributed by atoms with Crippen LogP contribution in [-0.2, 0) is 16.0 Å². The Labute approximate surface area is 180 Å². The van der Waals surface area contributed by atoms with Crippen LogP contribution in [0.25, 0.3) is 22.2 Å². The van der Waals surface area contributed by atoms with Crippen molar-refractivity contribution in [3.05, 3.63) is 59.9 Å². The summed E-state index contributed by atoms with van der Waals surface area (Å²) in [5.74, 6) is -0.635. The summed E-state index contributed by atoms with van der Waals surface area (Å²) in [5.41, 5.74) is 9.00. The third-order valence-corrected chi connectivity index (χ3v) is 5.86. The van der Waals surface area contributed by atoms with Crippen molar-refractivity contribution in [2.24, 2.45) is 5.73 Å². The second kappa shape index (κ2) is 9.31. The predicted molar refractivity (Wildman–Crippen MR) is 119 cm³/mol.